The van der Waals surface area contributed by atoms with Gasteiger partial charge in [0.25, 0.3) is 5.92 Å². The second-order valence-corrected chi connectivity index (χ2v) is 8.09. The highest BCUT2D eigenvalue weighted by atomic mass is 32.1. The Bertz CT molecular complexity index is 1030. The fourth-order valence-electron chi connectivity index (χ4n) is 3.09. The summed E-state index contributed by atoms with van der Waals surface area (Å²) in [6.45, 7) is 2.91. The van der Waals surface area contributed by atoms with Gasteiger partial charge in [-0.3, -0.25) is 0 Å². The number of methoxy groups -OCH3 is 2. The van der Waals surface area contributed by atoms with E-state index >= 15 is 0 Å². The lowest BCUT2D eigenvalue weighted by Gasteiger charge is -2.23. The maximum Gasteiger partial charge on any atom is 0.319 e. The van der Waals surface area contributed by atoms with Crippen molar-refractivity contribution in [3.05, 3.63) is 12.5 Å². The largest absolute Gasteiger partial charge is 0.480 e. The van der Waals surface area contributed by atoms with Crippen molar-refractivity contribution >= 4 is 27.5 Å². The molecule has 1 aliphatic rings. The number of hydrogen-bond donors (Lipinski definition) is 0. The first kappa shape index (κ1) is 18.7. The zero-order chi connectivity index (χ0) is 20.1. The topological polar surface area (TPSA) is 86.2 Å². The zero-order valence-corrected chi connectivity index (χ0v) is 16.5. The molecule has 4 heterocycles. The molecule has 3 aromatic heterocycles. The number of ether oxygens (including phenoxy) is 2. The summed E-state index contributed by atoms with van der Waals surface area (Å²) in [7, 11) is 2.94. The summed E-state index contributed by atoms with van der Waals surface area (Å²) in [5.41, 5.74) is -0.162. The standard InChI is InChI=1S/C17H18F2N6O2S/c1-16(2)6-25(7-17(16,18)19)12-10-11(21-8-22-12)23-14(28-10)9-5-20-15(27-4)24-13(9)26-3/h5,8H,6-7H2,1-4H3. The third-order valence-corrected chi connectivity index (χ3v) is 5.85. The van der Waals surface area contributed by atoms with Gasteiger partial charge in [-0.15, -0.1) is 11.3 Å². The Morgan fingerprint density at radius 3 is 2.50 bits per heavy atom. The summed E-state index contributed by atoms with van der Waals surface area (Å²) >= 11 is 1.28. The number of fused-ring (bicyclic) bond motifs is 1. The van der Waals surface area contributed by atoms with Crippen molar-refractivity contribution in [3.8, 4) is 22.5 Å². The van der Waals surface area contributed by atoms with Gasteiger partial charge in [0.05, 0.1) is 26.3 Å². The van der Waals surface area contributed by atoms with Crippen LogP contribution in [0.3, 0.4) is 0 Å². The van der Waals surface area contributed by atoms with E-state index in [0.29, 0.717) is 32.6 Å². The van der Waals surface area contributed by atoms with Crippen LogP contribution in [0, 0.1) is 5.41 Å². The van der Waals surface area contributed by atoms with Crippen LogP contribution in [0.4, 0.5) is 14.6 Å². The molecule has 4 rings (SSSR count). The average Bonchev–Trinajstić information content (AvgIpc) is 3.18. The quantitative estimate of drug-likeness (QED) is 0.651. The van der Waals surface area contributed by atoms with E-state index < -0.39 is 17.9 Å². The SMILES string of the molecule is COc1ncc(-c2nc3ncnc(N4CC(C)(C)C(F)(F)C4)c3s2)c(OC)n1. The highest BCUT2D eigenvalue weighted by Gasteiger charge is 2.54. The van der Waals surface area contributed by atoms with Crippen LogP contribution in [0.2, 0.25) is 0 Å². The summed E-state index contributed by atoms with van der Waals surface area (Å²) in [5.74, 6) is -2.06. The van der Waals surface area contributed by atoms with Crippen molar-refractivity contribution in [2.24, 2.45) is 5.41 Å². The van der Waals surface area contributed by atoms with Crippen LogP contribution in [-0.2, 0) is 0 Å². The van der Waals surface area contributed by atoms with Crippen LogP contribution in [0.25, 0.3) is 20.9 Å². The minimum absolute atomic E-state index is 0.170. The Kier molecular flexibility index (Phi) is 4.29. The van der Waals surface area contributed by atoms with Gasteiger partial charge in [-0.1, -0.05) is 13.8 Å². The number of alkyl halides is 2. The van der Waals surface area contributed by atoms with Crippen molar-refractivity contribution in [3.63, 3.8) is 0 Å². The third kappa shape index (κ3) is 2.89. The third-order valence-electron chi connectivity index (χ3n) is 4.78. The second-order valence-electron chi connectivity index (χ2n) is 7.09. The number of thiazole rings is 1. The molecule has 11 heteroatoms. The fraction of sp³-hybridized carbons (Fsp3) is 0.471. The van der Waals surface area contributed by atoms with Gasteiger partial charge in [0.2, 0.25) is 5.88 Å². The molecule has 8 nitrogen and oxygen atoms in total. The first-order valence-electron chi connectivity index (χ1n) is 8.45. The van der Waals surface area contributed by atoms with E-state index in [1.54, 1.807) is 24.9 Å². The smallest absolute Gasteiger partial charge is 0.319 e. The number of anilines is 1. The van der Waals surface area contributed by atoms with Crippen molar-refractivity contribution in [2.45, 2.75) is 19.8 Å². The monoisotopic (exact) mass is 408 g/mol. The van der Waals surface area contributed by atoms with Crippen LogP contribution in [-0.4, -0.2) is 58.2 Å². The van der Waals surface area contributed by atoms with E-state index in [1.807, 2.05) is 0 Å². The molecule has 1 saturated heterocycles. The van der Waals surface area contributed by atoms with Crippen LogP contribution in [0.15, 0.2) is 12.5 Å². The van der Waals surface area contributed by atoms with Crippen molar-refractivity contribution in [2.75, 3.05) is 32.2 Å². The number of hydrogen-bond acceptors (Lipinski definition) is 9. The Balaban J connectivity index is 1.79. The predicted octanol–water partition coefficient (Wildman–Crippen LogP) is 3.04. The molecule has 0 aliphatic carbocycles. The van der Waals surface area contributed by atoms with Crippen molar-refractivity contribution in [1.82, 2.24) is 24.9 Å². The molecule has 3 aromatic rings. The van der Waals surface area contributed by atoms with Gasteiger partial charge >= 0.3 is 6.01 Å². The lowest BCUT2D eigenvalue weighted by atomic mass is 9.89. The van der Waals surface area contributed by atoms with E-state index in [4.69, 9.17) is 9.47 Å². The van der Waals surface area contributed by atoms with Gasteiger partial charge < -0.3 is 14.4 Å². The van der Waals surface area contributed by atoms with Gasteiger partial charge in [-0.05, 0) is 0 Å². The van der Waals surface area contributed by atoms with Crippen LogP contribution in [0.5, 0.6) is 11.9 Å². The number of rotatable bonds is 4. The summed E-state index contributed by atoms with van der Waals surface area (Å²) in [5, 5.41) is 0.557. The molecule has 1 aliphatic heterocycles. The average molecular weight is 408 g/mol. The van der Waals surface area contributed by atoms with Gasteiger partial charge in [-0.2, -0.15) is 4.98 Å². The van der Waals surface area contributed by atoms with Crippen LogP contribution >= 0.6 is 11.3 Å². The normalized spacial score (nSPS) is 17.9. The van der Waals surface area contributed by atoms with Crippen LogP contribution < -0.4 is 14.4 Å². The second kappa shape index (κ2) is 6.43. The summed E-state index contributed by atoms with van der Waals surface area (Å²) in [6, 6.07) is 0.170. The van der Waals surface area contributed by atoms with E-state index in [0.717, 1.165) is 0 Å². The maximum atomic E-state index is 14.4. The Morgan fingerprint density at radius 2 is 1.86 bits per heavy atom. The van der Waals surface area contributed by atoms with Crippen LogP contribution in [0.1, 0.15) is 13.8 Å². The van der Waals surface area contributed by atoms with E-state index in [9.17, 15) is 8.78 Å². The summed E-state index contributed by atoms with van der Waals surface area (Å²) in [4.78, 5) is 22.8. The summed E-state index contributed by atoms with van der Waals surface area (Å²) < 4.78 is 39.7. The van der Waals surface area contributed by atoms with E-state index in [2.05, 4.69) is 24.9 Å². The number of aromatic nitrogens is 5. The molecular weight excluding hydrogens is 390 g/mol. The van der Waals surface area contributed by atoms with Crippen molar-refractivity contribution in [1.29, 1.82) is 0 Å². The number of nitrogens with zero attached hydrogens (tertiary/aromatic N) is 6. The Morgan fingerprint density at radius 1 is 1.07 bits per heavy atom. The molecule has 148 valence electrons. The molecule has 0 spiro atoms. The molecule has 1 fully saturated rings. The highest BCUT2D eigenvalue weighted by molar-refractivity contribution is 7.22. The first-order chi connectivity index (χ1) is 13.3. The van der Waals surface area contributed by atoms with Gasteiger partial charge in [-0.25, -0.2) is 28.7 Å². The molecule has 0 bridgehead atoms. The molecule has 0 unspecified atom stereocenters. The van der Waals surface area contributed by atoms with Gasteiger partial charge in [0.1, 0.15) is 16.0 Å². The molecule has 0 radical (unpaired) electrons. The first-order valence-corrected chi connectivity index (χ1v) is 9.27. The lowest BCUT2D eigenvalue weighted by Crippen LogP contribution is -2.34. The molecule has 0 N–H and O–H groups in total. The predicted molar refractivity (Wildman–Crippen MR) is 100 cm³/mol. The molecular formula is C17H18F2N6O2S. The molecule has 0 atom stereocenters. The minimum atomic E-state index is -2.81. The molecule has 28 heavy (non-hydrogen) atoms. The highest BCUT2D eigenvalue weighted by Crippen LogP contribution is 2.46. The maximum absolute atomic E-state index is 14.4. The Labute approximate surface area is 163 Å². The van der Waals surface area contributed by atoms with Crippen molar-refractivity contribution < 1.29 is 18.3 Å². The fourth-order valence-corrected chi connectivity index (χ4v) is 4.12. The summed E-state index contributed by atoms with van der Waals surface area (Å²) in [6.07, 6.45) is 2.88. The lowest BCUT2D eigenvalue weighted by molar-refractivity contribution is -0.0642. The Hall–Kier alpha value is -2.69. The molecule has 0 aromatic carbocycles. The zero-order valence-electron chi connectivity index (χ0n) is 15.7. The minimum Gasteiger partial charge on any atom is -0.480 e. The van der Waals surface area contributed by atoms with Gasteiger partial charge in [0.15, 0.2) is 11.5 Å². The number of halogens is 2. The van der Waals surface area contributed by atoms with Gasteiger partial charge in [0, 0.05) is 18.2 Å². The van der Waals surface area contributed by atoms with E-state index in [1.165, 1.54) is 31.9 Å². The van der Waals surface area contributed by atoms with E-state index in [-0.39, 0.29) is 12.6 Å². The molecule has 0 saturated carbocycles. The molecule has 0 amide bonds.